The van der Waals surface area contributed by atoms with Crippen LogP contribution in [0.3, 0.4) is 0 Å². The van der Waals surface area contributed by atoms with E-state index in [4.69, 9.17) is 23.2 Å². The summed E-state index contributed by atoms with van der Waals surface area (Å²) in [6.45, 7) is 8.43. The molecule has 0 aliphatic rings. The highest BCUT2D eigenvalue weighted by Crippen LogP contribution is 2.27. The monoisotopic (exact) mass is 490 g/mol. The first-order valence-corrected chi connectivity index (χ1v) is 12.8. The number of anilines is 1. The number of aryl methyl sites for hydroxylation is 1. The molecule has 0 saturated carbocycles. The second-order valence-corrected chi connectivity index (χ2v) is 10.4. The lowest BCUT2D eigenvalue weighted by atomic mass is 10.1. The quantitative estimate of drug-likeness (QED) is 0.341. The smallest absolute Gasteiger partial charge is 0.243 e. The number of sulfonamides is 1. The molecule has 0 unspecified atom stereocenters. The molecule has 0 aliphatic carbocycles. The lowest BCUT2D eigenvalue weighted by Gasteiger charge is -2.24. The maximum Gasteiger partial charge on any atom is 0.243 e. The van der Waals surface area contributed by atoms with Gasteiger partial charge in [0.1, 0.15) is 0 Å². The number of nitrogens with zero attached hydrogens (tertiary/aromatic N) is 2. The summed E-state index contributed by atoms with van der Waals surface area (Å²) in [4.78, 5) is 2.52. The molecule has 0 saturated heterocycles. The van der Waals surface area contributed by atoms with E-state index in [2.05, 4.69) is 18.7 Å². The van der Waals surface area contributed by atoms with E-state index in [1.807, 2.05) is 43.3 Å². The fraction of sp³-hybridized carbons (Fsp3) is 0.280. The zero-order chi connectivity index (χ0) is 23.3. The van der Waals surface area contributed by atoms with Crippen LogP contribution in [0, 0.1) is 6.92 Å². The van der Waals surface area contributed by atoms with Crippen molar-refractivity contribution in [2.24, 2.45) is 0 Å². The van der Waals surface area contributed by atoms with Gasteiger partial charge in [-0.2, -0.15) is 4.31 Å². The fourth-order valence-corrected chi connectivity index (χ4v) is 5.27. The van der Waals surface area contributed by atoms with Crippen molar-refractivity contribution in [2.45, 2.75) is 38.8 Å². The number of rotatable bonds is 9. The third-order valence-corrected chi connectivity index (χ3v) is 7.97. The van der Waals surface area contributed by atoms with E-state index in [1.165, 1.54) is 4.31 Å². The summed E-state index contributed by atoms with van der Waals surface area (Å²) in [5.41, 5.74) is 3.81. The highest BCUT2D eigenvalue weighted by atomic mass is 35.5. The molecular formula is C25H28Cl2N2O2S. The van der Waals surface area contributed by atoms with E-state index in [-0.39, 0.29) is 18.0 Å². The van der Waals surface area contributed by atoms with E-state index in [1.54, 1.807) is 30.3 Å². The summed E-state index contributed by atoms with van der Waals surface area (Å²) in [5, 5.41) is 0.843. The third-order valence-electron chi connectivity index (χ3n) is 5.43. The lowest BCUT2D eigenvalue weighted by Crippen LogP contribution is -2.30. The normalized spacial score (nSPS) is 11.7. The molecule has 0 fully saturated rings. The SMILES string of the molecule is CCN(CC)c1ccc(CN(Cc2ccc(Cl)c(Cl)c2)S(=O)(=O)c2ccc(C)cc2)cc1. The second-order valence-electron chi connectivity index (χ2n) is 7.67. The Morgan fingerprint density at radius 2 is 1.31 bits per heavy atom. The average Bonchev–Trinajstić information content (AvgIpc) is 2.78. The molecule has 3 aromatic rings. The Morgan fingerprint density at radius 3 is 1.88 bits per heavy atom. The molecule has 7 heteroatoms. The highest BCUT2D eigenvalue weighted by Gasteiger charge is 2.25. The molecule has 0 amide bonds. The summed E-state index contributed by atoms with van der Waals surface area (Å²) < 4.78 is 28.5. The third kappa shape index (κ3) is 5.84. The summed E-state index contributed by atoms with van der Waals surface area (Å²) in [7, 11) is -3.73. The Hall–Kier alpha value is -2.05. The van der Waals surface area contributed by atoms with Gasteiger partial charge in [-0.15, -0.1) is 0 Å². The molecule has 0 aromatic heterocycles. The van der Waals surface area contributed by atoms with Crippen LogP contribution in [0.4, 0.5) is 5.69 Å². The summed E-state index contributed by atoms with van der Waals surface area (Å²) >= 11 is 12.2. The van der Waals surface area contributed by atoms with Gasteiger partial charge in [0, 0.05) is 31.9 Å². The van der Waals surface area contributed by atoms with Crippen LogP contribution in [0.15, 0.2) is 71.6 Å². The lowest BCUT2D eigenvalue weighted by molar-refractivity contribution is 0.401. The van der Waals surface area contributed by atoms with Gasteiger partial charge in [0.05, 0.1) is 14.9 Å². The van der Waals surface area contributed by atoms with E-state index in [0.717, 1.165) is 35.5 Å². The van der Waals surface area contributed by atoms with Crippen LogP contribution < -0.4 is 4.90 Å². The maximum atomic E-state index is 13.5. The minimum Gasteiger partial charge on any atom is -0.372 e. The van der Waals surface area contributed by atoms with Crippen LogP contribution in [-0.2, 0) is 23.1 Å². The van der Waals surface area contributed by atoms with Gasteiger partial charge in [0.2, 0.25) is 10.0 Å². The topological polar surface area (TPSA) is 40.6 Å². The van der Waals surface area contributed by atoms with E-state index >= 15 is 0 Å². The number of hydrogen-bond acceptors (Lipinski definition) is 3. The van der Waals surface area contributed by atoms with E-state index < -0.39 is 10.0 Å². The standard InChI is InChI=1S/C25H28Cl2N2O2S/c1-4-28(5-2)22-11-8-20(9-12-22)17-29(18-21-10-15-24(26)25(27)16-21)32(30,31)23-13-6-19(3)7-14-23/h6-16H,4-5,17-18H2,1-3H3. The Kier molecular flexibility index (Phi) is 8.23. The number of halogens is 2. The Balaban J connectivity index is 1.94. The Bertz CT molecular complexity index is 1140. The van der Waals surface area contributed by atoms with Gasteiger partial charge in [-0.1, -0.05) is 59.1 Å². The van der Waals surface area contributed by atoms with Gasteiger partial charge >= 0.3 is 0 Å². The van der Waals surface area contributed by atoms with Crippen LogP contribution >= 0.6 is 23.2 Å². The molecule has 3 rings (SSSR count). The molecule has 0 spiro atoms. The first kappa shape index (κ1) is 24.6. The molecule has 3 aromatic carbocycles. The highest BCUT2D eigenvalue weighted by molar-refractivity contribution is 7.89. The van der Waals surface area contributed by atoms with E-state index in [9.17, 15) is 8.42 Å². The van der Waals surface area contributed by atoms with Crippen LogP contribution in [-0.4, -0.2) is 25.8 Å². The van der Waals surface area contributed by atoms with Crippen LogP contribution in [0.5, 0.6) is 0 Å². The molecule has 0 N–H and O–H groups in total. The minimum absolute atomic E-state index is 0.185. The second kappa shape index (κ2) is 10.7. The summed E-state index contributed by atoms with van der Waals surface area (Å²) in [6, 6.07) is 20.2. The van der Waals surface area contributed by atoms with Crippen molar-refractivity contribution in [3.05, 3.63) is 93.5 Å². The summed E-state index contributed by atoms with van der Waals surface area (Å²) in [6.07, 6.45) is 0. The van der Waals surface area contributed by atoms with Crippen molar-refractivity contribution in [1.82, 2.24) is 4.31 Å². The zero-order valence-electron chi connectivity index (χ0n) is 18.6. The molecule has 0 radical (unpaired) electrons. The molecule has 170 valence electrons. The molecule has 0 atom stereocenters. The Labute approximate surface area is 201 Å². The van der Waals surface area contributed by atoms with Crippen LogP contribution in [0.2, 0.25) is 10.0 Å². The van der Waals surface area contributed by atoms with Crippen LogP contribution in [0.1, 0.15) is 30.5 Å². The number of benzene rings is 3. The number of hydrogen-bond donors (Lipinski definition) is 0. The first-order valence-electron chi connectivity index (χ1n) is 10.6. The molecule has 4 nitrogen and oxygen atoms in total. The van der Waals surface area contributed by atoms with Gasteiger partial charge in [0.15, 0.2) is 0 Å². The molecule has 32 heavy (non-hydrogen) atoms. The van der Waals surface area contributed by atoms with Crippen molar-refractivity contribution >= 4 is 38.9 Å². The predicted molar refractivity (Wildman–Crippen MR) is 134 cm³/mol. The van der Waals surface area contributed by atoms with Gasteiger partial charge in [-0.05, 0) is 68.3 Å². The van der Waals surface area contributed by atoms with Crippen molar-refractivity contribution in [3.8, 4) is 0 Å². The molecule has 0 heterocycles. The molecule has 0 aliphatic heterocycles. The average molecular weight is 491 g/mol. The predicted octanol–water partition coefficient (Wildman–Crippen LogP) is 6.54. The maximum absolute atomic E-state index is 13.5. The minimum atomic E-state index is -3.73. The fourth-order valence-electron chi connectivity index (χ4n) is 3.53. The van der Waals surface area contributed by atoms with Crippen LogP contribution in [0.25, 0.3) is 0 Å². The molecule has 0 bridgehead atoms. The Morgan fingerprint density at radius 1 is 0.750 bits per heavy atom. The van der Waals surface area contributed by atoms with Crippen molar-refractivity contribution < 1.29 is 8.42 Å². The van der Waals surface area contributed by atoms with E-state index in [0.29, 0.717) is 10.0 Å². The van der Waals surface area contributed by atoms with Crippen molar-refractivity contribution in [3.63, 3.8) is 0 Å². The zero-order valence-corrected chi connectivity index (χ0v) is 20.9. The van der Waals surface area contributed by atoms with Gasteiger partial charge in [-0.25, -0.2) is 8.42 Å². The first-order chi connectivity index (χ1) is 15.2. The van der Waals surface area contributed by atoms with Crippen molar-refractivity contribution in [2.75, 3.05) is 18.0 Å². The van der Waals surface area contributed by atoms with Crippen molar-refractivity contribution in [1.29, 1.82) is 0 Å². The van der Waals surface area contributed by atoms with Gasteiger partial charge in [-0.3, -0.25) is 0 Å². The summed E-state index contributed by atoms with van der Waals surface area (Å²) in [5.74, 6) is 0. The molecular weight excluding hydrogens is 463 g/mol. The van der Waals surface area contributed by atoms with Gasteiger partial charge < -0.3 is 4.90 Å². The van der Waals surface area contributed by atoms with Gasteiger partial charge in [0.25, 0.3) is 0 Å². The largest absolute Gasteiger partial charge is 0.372 e.